The molecule has 18 heavy (non-hydrogen) atoms. The zero-order valence-corrected chi connectivity index (χ0v) is 11.7. The zero-order chi connectivity index (χ0) is 12.3. The summed E-state index contributed by atoms with van der Waals surface area (Å²) in [5.74, 6) is 0. The van der Waals surface area contributed by atoms with Crippen molar-refractivity contribution in [1.82, 2.24) is 5.32 Å². The molecule has 0 aliphatic carbocycles. The van der Waals surface area contributed by atoms with E-state index < -0.39 is 0 Å². The second kappa shape index (κ2) is 11.5. The minimum atomic E-state index is 0. The summed E-state index contributed by atoms with van der Waals surface area (Å²) in [6.45, 7) is 2.68. The van der Waals surface area contributed by atoms with Crippen LogP contribution >= 0.6 is 24.0 Å². The summed E-state index contributed by atoms with van der Waals surface area (Å²) in [4.78, 5) is 0. The van der Waals surface area contributed by atoms with Crippen molar-refractivity contribution >= 4 is 30.1 Å². The maximum absolute atomic E-state index is 8.49. The molecule has 0 atom stereocenters. The summed E-state index contributed by atoms with van der Waals surface area (Å²) in [5.41, 5.74) is 1.13. The van der Waals surface area contributed by atoms with Gasteiger partial charge in [0.25, 0.3) is 0 Å². The Kier molecular flexibility index (Phi) is 11.1. The molecular weight excluding hydrogens is 273 g/mol. The molecule has 0 unspecified atom stereocenters. The van der Waals surface area contributed by atoms with Gasteiger partial charge in [-0.2, -0.15) is 0 Å². The Labute approximate surface area is 119 Å². The standard InChI is InChI=1S/C13H18ClNO2.ClH/c14-13-5-3-12(4-6-13)2-1-7-15-8-10-17-11-9-16;/h1-6,15-16H,7-11H2;1H/b2-1+;. The minimum Gasteiger partial charge on any atom is -0.394 e. The van der Waals surface area contributed by atoms with Crippen LogP contribution in [0.2, 0.25) is 5.02 Å². The van der Waals surface area contributed by atoms with Gasteiger partial charge >= 0.3 is 0 Å². The maximum atomic E-state index is 8.49. The molecule has 102 valence electrons. The summed E-state index contributed by atoms with van der Waals surface area (Å²) in [7, 11) is 0. The lowest BCUT2D eigenvalue weighted by Crippen LogP contribution is -2.20. The van der Waals surface area contributed by atoms with Crippen molar-refractivity contribution in [2.24, 2.45) is 0 Å². The third-order valence-corrected chi connectivity index (χ3v) is 2.35. The molecule has 0 heterocycles. The average molecular weight is 292 g/mol. The summed E-state index contributed by atoms with van der Waals surface area (Å²) in [6, 6.07) is 7.70. The van der Waals surface area contributed by atoms with E-state index in [1.165, 1.54) is 0 Å². The first-order valence-electron chi connectivity index (χ1n) is 5.64. The summed E-state index contributed by atoms with van der Waals surface area (Å²) in [6.07, 6.45) is 4.09. The largest absolute Gasteiger partial charge is 0.394 e. The minimum absolute atomic E-state index is 0. The molecule has 1 aromatic carbocycles. The SMILES string of the molecule is Cl.OCCOCCNC/C=C/c1ccc(Cl)cc1. The number of aliphatic hydroxyl groups is 1. The number of rotatable bonds is 8. The first-order chi connectivity index (χ1) is 8.33. The second-order valence-electron chi connectivity index (χ2n) is 3.49. The van der Waals surface area contributed by atoms with Gasteiger partial charge in [-0.3, -0.25) is 0 Å². The molecule has 0 spiro atoms. The zero-order valence-electron chi connectivity index (χ0n) is 10.1. The van der Waals surface area contributed by atoms with Crippen LogP contribution in [0.25, 0.3) is 6.08 Å². The molecule has 1 aromatic rings. The quantitative estimate of drug-likeness (QED) is 0.723. The average Bonchev–Trinajstić information content (AvgIpc) is 2.35. The molecule has 0 bridgehead atoms. The van der Waals surface area contributed by atoms with Gasteiger partial charge < -0.3 is 15.2 Å². The fourth-order valence-corrected chi connectivity index (χ4v) is 1.39. The van der Waals surface area contributed by atoms with Gasteiger partial charge in [-0.15, -0.1) is 12.4 Å². The number of hydrogen-bond donors (Lipinski definition) is 2. The van der Waals surface area contributed by atoms with E-state index in [0.29, 0.717) is 13.2 Å². The van der Waals surface area contributed by atoms with Gasteiger partial charge in [-0.1, -0.05) is 35.9 Å². The second-order valence-corrected chi connectivity index (χ2v) is 3.93. The van der Waals surface area contributed by atoms with Gasteiger partial charge in [-0.05, 0) is 17.7 Å². The maximum Gasteiger partial charge on any atom is 0.0698 e. The lowest BCUT2D eigenvalue weighted by Gasteiger charge is -2.02. The Hall–Kier alpha value is -0.580. The van der Waals surface area contributed by atoms with E-state index in [-0.39, 0.29) is 19.0 Å². The number of hydrogen-bond acceptors (Lipinski definition) is 3. The molecule has 0 radical (unpaired) electrons. The number of nitrogens with one attached hydrogen (secondary N) is 1. The Bertz CT molecular complexity index is 328. The van der Waals surface area contributed by atoms with E-state index in [0.717, 1.165) is 23.7 Å². The molecule has 5 heteroatoms. The number of halogens is 2. The highest BCUT2D eigenvalue weighted by Gasteiger charge is 1.88. The van der Waals surface area contributed by atoms with Gasteiger partial charge in [-0.25, -0.2) is 0 Å². The Morgan fingerprint density at radius 2 is 1.94 bits per heavy atom. The molecule has 0 aromatic heterocycles. The third-order valence-electron chi connectivity index (χ3n) is 2.10. The van der Waals surface area contributed by atoms with Gasteiger partial charge in [0.1, 0.15) is 0 Å². The Balaban J connectivity index is 0.00000289. The first-order valence-corrected chi connectivity index (χ1v) is 6.02. The normalized spacial score (nSPS) is 10.6. The topological polar surface area (TPSA) is 41.5 Å². The van der Waals surface area contributed by atoms with Crippen molar-refractivity contribution < 1.29 is 9.84 Å². The van der Waals surface area contributed by atoms with Crippen molar-refractivity contribution in [3.63, 3.8) is 0 Å². The predicted octanol–water partition coefficient (Wildman–Crippen LogP) is 2.37. The van der Waals surface area contributed by atoms with Crippen molar-refractivity contribution in [2.75, 3.05) is 32.9 Å². The Morgan fingerprint density at radius 1 is 1.22 bits per heavy atom. The van der Waals surface area contributed by atoms with Crippen LogP contribution in [0.5, 0.6) is 0 Å². The summed E-state index contributed by atoms with van der Waals surface area (Å²) >= 11 is 5.79. The highest BCUT2D eigenvalue weighted by atomic mass is 35.5. The fraction of sp³-hybridized carbons (Fsp3) is 0.385. The molecule has 0 saturated heterocycles. The fourth-order valence-electron chi connectivity index (χ4n) is 1.27. The number of ether oxygens (including phenoxy) is 1. The van der Waals surface area contributed by atoms with Gasteiger partial charge in [0.2, 0.25) is 0 Å². The van der Waals surface area contributed by atoms with Crippen molar-refractivity contribution in [1.29, 1.82) is 0 Å². The number of benzene rings is 1. The molecule has 3 nitrogen and oxygen atoms in total. The van der Waals surface area contributed by atoms with E-state index >= 15 is 0 Å². The van der Waals surface area contributed by atoms with E-state index in [4.69, 9.17) is 21.4 Å². The Morgan fingerprint density at radius 3 is 2.61 bits per heavy atom. The molecule has 2 N–H and O–H groups in total. The van der Waals surface area contributed by atoms with Gasteiger partial charge in [0.05, 0.1) is 19.8 Å². The monoisotopic (exact) mass is 291 g/mol. The third kappa shape index (κ3) is 8.50. The molecule has 0 amide bonds. The van der Waals surface area contributed by atoms with E-state index in [2.05, 4.69) is 11.4 Å². The lowest BCUT2D eigenvalue weighted by atomic mass is 10.2. The van der Waals surface area contributed by atoms with Crippen LogP contribution in [-0.2, 0) is 4.74 Å². The molecule has 0 aliphatic heterocycles. The first kappa shape index (κ1) is 17.4. The van der Waals surface area contributed by atoms with Crippen molar-refractivity contribution in [3.8, 4) is 0 Å². The van der Waals surface area contributed by atoms with Crippen molar-refractivity contribution in [2.45, 2.75) is 0 Å². The van der Waals surface area contributed by atoms with E-state index in [1.807, 2.05) is 30.3 Å². The van der Waals surface area contributed by atoms with Crippen LogP contribution < -0.4 is 5.32 Å². The van der Waals surface area contributed by atoms with Crippen LogP contribution in [-0.4, -0.2) is 38.0 Å². The van der Waals surface area contributed by atoms with Crippen LogP contribution in [0.3, 0.4) is 0 Å². The smallest absolute Gasteiger partial charge is 0.0698 e. The van der Waals surface area contributed by atoms with E-state index in [9.17, 15) is 0 Å². The summed E-state index contributed by atoms with van der Waals surface area (Å²) in [5, 5.41) is 12.4. The molecular formula is C13H19Cl2NO2. The molecule has 0 aliphatic rings. The number of aliphatic hydroxyl groups excluding tert-OH is 1. The van der Waals surface area contributed by atoms with Crippen LogP contribution in [0, 0.1) is 0 Å². The predicted molar refractivity (Wildman–Crippen MR) is 78.5 cm³/mol. The molecule has 0 fully saturated rings. The molecule has 1 rings (SSSR count). The van der Waals surface area contributed by atoms with Crippen LogP contribution in [0.15, 0.2) is 30.3 Å². The lowest BCUT2D eigenvalue weighted by molar-refractivity contribution is 0.0943. The van der Waals surface area contributed by atoms with Crippen molar-refractivity contribution in [3.05, 3.63) is 40.9 Å². The van der Waals surface area contributed by atoms with Crippen LogP contribution in [0.1, 0.15) is 5.56 Å². The highest BCUT2D eigenvalue weighted by Crippen LogP contribution is 2.10. The van der Waals surface area contributed by atoms with Gasteiger partial charge in [0, 0.05) is 18.1 Å². The van der Waals surface area contributed by atoms with Crippen LogP contribution in [0.4, 0.5) is 0 Å². The molecule has 0 saturated carbocycles. The highest BCUT2D eigenvalue weighted by molar-refractivity contribution is 6.30. The van der Waals surface area contributed by atoms with E-state index in [1.54, 1.807) is 0 Å². The van der Waals surface area contributed by atoms with Gasteiger partial charge in [0.15, 0.2) is 0 Å². The summed E-state index contributed by atoms with van der Waals surface area (Å²) < 4.78 is 5.11.